The summed E-state index contributed by atoms with van der Waals surface area (Å²) in [5.41, 5.74) is 0.756. The molecule has 1 aromatic carbocycles. The monoisotopic (exact) mass is 436 g/mol. The molecule has 0 heterocycles. The van der Waals surface area contributed by atoms with Crippen molar-refractivity contribution in [2.45, 2.75) is 27.3 Å². The van der Waals surface area contributed by atoms with Crippen LogP contribution >= 0.6 is 0 Å². The fraction of sp³-hybridized carbons (Fsp3) is 0.524. The standard InChI is InChI=1S/C21H32N4O6/c1-21(2,3)20(31)24-12-15-4-6-16(7-5-15)19(30)25(10-8-22-17(28)13-26)11-9-23-18(29)14-27/h4-7,26-27H,8-14H2,1-3H3,(H,22,28)(H,23,29)(H,24,31). The van der Waals surface area contributed by atoms with Crippen molar-refractivity contribution in [3.8, 4) is 0 Å². The minimum absolute atomic E-state index is 0.0753. The van der Waals surface area contributed by atoms with Crippen molar-refractivity contribution in [2.24, 2.45) is 5.41 Å². The Hall–Kier alpha value is -2.98. The van der Waals surface area contributed by atoms with E-state index in [9.17, 15) is 19.2 Å². The second-order valence-corrected chi connectivity index (χ2v) is 7.94. The molecule has 10 heteroatoms. The van der Waals surface area contributed by atoms with Crippen molar-refractivity contribution in [2.75, 3.05) is 39.4 Å². The van der Waals surface area contributed by atoms with Crippen molar-refractivity contribution >= 4 is 23.6 Å². The van der Waals surface area contributed by atoms with E-state index in [2.05, 4.69) is 16.0 Å². The quantitative estimate of drug-likeness (QED) is 0.301. The smallest absolute Gasteiger partial charge is 0.253 e. The van der Waals surface area contributed by atoms with Gasteiger partial charge in [-0.05, 0) is 17.7 Å². The van der Waals surface area contributed by atoms with Gasteiger partial charge in [-0.15, -0.1) is 0 Å². The van der Waals surface area contributed by atoms with E-state index in [1.807, 2.05) is 20.8 Å². The molecule has 0 saturated heterocycles. The van der Waals surface area contributed by atoms with Crippen LogP contribution in [0, 0.1) is 5.41 Å². The number of benzene rings is 1. The minimum atomic E-state index is -0.645. The molecule has 0 aliphatic heterocycles. The number of aliphatic hydroxyl groups is 2. The number of nitrogens with one attached hydrogen (secondary N) is 3. The first-order valence-electron chi connectivity index (χ1n) is 10.00. The van der Waals surface area contributed by atoms with Crippen LogP contribution in [-0.2, 0) is 20.9 Å². The number of rotatable bonds is 11. The second kappa shape index (κ2) is 12.7. The molecule has 1 aromatic rings. The zero-order valence-electron chi connectivity index (χ0n) is 18.2. The molecule has 0 unspecified atom stereocenters. The molecule has 4 amide bonds. The van der Waals surface area contributed by atoms with Crippen LogP contribution in [-0.4, -0.2) is 78.1 Å². The molecule has 0 aromatic heterocycles. The normalized spacial score (nSPS) is 10.9. The Labute approximate surface area is 182 Å². The van der Waals surface area contributed by atoms with Gasteiger partial charge < -0.3 is 31.1 Å². The van der Waals surface area contributed by atoms with Gasteiger partial charge in [0.1, 0.15) is 13.2 Å². The van der Waals surface area contributed by atoms with E-state index in [0.29, 0.717) is 12.1 Å². The Balaban J connectivity index is 2.75. The SMILES string of the molecule is CC(C)(C)C(=O)NCc1ccc(C(=O)N(CCNC(=O)CO)CCNC(=O)CO)cc1. The lowest BCUT2D eigenvalue weighted by molar-refractivity contribution is -0.128. The Morgan fingerprint density at radius 1 is 0.839 bits per heavy atom. The van der Waals surface area contributed by atoms with Crippen LogP contribution in [0.5, 0.6) is 0 Å². The molecule has 5 N–H and O–H groups in total. The predicted octanol–water partition coefficient (Wildman–Crippen LogP) is -0.992. The van der Waals surface area contributed by atoms with Crippen molar-refractivity contribution in [1.82, 2.24) is 20.9 Å². The zero-order chi connectivity index (χ0) is 23.4. The topological polar surface area (TPSA) is 148 Å². The van der Waals surface area contributed by atoms with Crippen LogP contribution in [0.2, 0.25) is 0 Å². The predicted molar refractivity (Wildman–Crippen MR) is 114 cm³/mol. The lowest BCUT2D eigenvalue weighted by Crippen LogP contribution is -2.43. The number of aliphatic hydroxyl groups excluding tert-OH is 2. The van der Waals surface area contributed by atoms with Gasteiger partial charge in [-0.1, -0.05) is 32.9 Å². The molecule has 172 valence electrons. The van der Waals surface area contributed by atoms with Gasteiger partial charge >= 0.3 is 0 Å². The van der Waals surface area contributed by atoms with E-state index in [1.54, 1.807) is 24.3 Å². The number of hydrogen-bond donors (Lipinski definition) is 5. The fourth-order valence-corrected chi connectivity index (χ4v) is 2.48. The van der Waals surface area contributed by atoms with E-state index in [4.69, 9.17) is 10.2 Å². The van der Waals surface area contributed by atoms with Gasteiger partial charge in [-0.3, -0.25) is 19.2 Å². The third-order valence-electron chi connectivity index (χ3n) is 4.32. The van der Waals surface area contributed by atoms with Gasteiger partial charge in [-0.25, -0.2) is 0 Å². The van der Waals surface area contributed by atoms with Crippen LogP contribution in [0.15, 0.2) is 24.3 Å². The highest BCUT2D eigenvalue weighted by molar-refractivity contribution is 5.94. The molecule has 0 atom stereocenters. The van der Waals surface area contributed by atoms with Gasteiger partial charge in [0.25, 0.3) is 5.91 Å². The van der Waals surface area contributed by atoms with Gasteiger partial charge in [0.15, 0.2) is 0 Å². The second-order valence-electron chi connectivity index (χ2n) is 7.94. The fourth-order valence-electron chi connectivity index (χ4n) is 2.48. The molecule has 0 radical (unpaired) electrons. The largest absolute Gasteiger partial charge is 0.387 e. The Morgan fingerprint density at radius 3 is 1.74 bits per heavy atom. The Kier molecular flexibility index (Phi) is 10.6. The summed E-state index contributed by atoms with van der Waals surface area (Å²) >= 11 is 0. The zero-order valence-corrected chi connectivity index (χ0v) is 18.2. The average Bonchev–Trinajstić information content (AvgIpc) is 2.75. The molecule has 0 bridgehead atoms. The maximum Gasteiger partial charge on any atom is 0.253 e. The van der Waals surface area contributed by atoms with Gasteiger partial charge in [-0.2, -0.15) is 0 Å². The highest BCUT2D eigenvalue weighted by Gasteiger charge is 2.21. The minimum Gasteiger partial charge on any atom is -0.387 e. The third-order valence-corrected chi connectivity index (χ3v) is 4.32. The highest BCUT2D eigenvalue weighted by Crippen LogP contribution is 2.13. The lowest BCUT2D eigenvalue weighted by Gasteiger charge is -2.23. The van der Waals surface area contributed by atoms with Crippen LogP contribution in [0.4, 0.5) is 0 Å². The van der Waals surface area contributed by atoms with Gasteiger partial charge in [0.2, 0.25) is 17.7 Å². The summed E-state index contributed by atoms with van der Waals surface area (Å²) in [4.78, 5) is 48.7. The van der Waals surface area contributed by atoms with Crippen LogP contribution in [0.25, 0.3) is 0 Å². The molecule has 31 heavy (non-hydrogen) atoms. The molecule has 0 aliphatic carbocycles. The average molecular weight is 437 g/mol. The number of carbonyl (C=O) groups excluding carboxylic acids is 4. The third kappa shape index (κ3) is 9.58. The van der Waals surface area contributed by atoms with E-state index >= 15 is 0 Å². The number of hydrogen-bond acceptors (Lipinski definition) is 6. The summed E-state index contributed by atoms with van der Waals surface area (Å²) in [6.07, 6.45) is 0. The lowest BCUT2D eigenvalue weighted by atomic mass is 9.95. The van der Waals surface area contributed by atoms with E-state index in [1.165, 1.54) is 4.90 Å². The first-order valence-corrected chi connectivity index (χ1v) is 10.00. The van der Waals surface area contributed by atoms with E-state index in [-0.39, 0.29) is 38.0 Å². The van der Waals surface area contributed by atoms with Crippen LogP contribution in [0.1, 0.15) is 36.7 Å². The maximum absolute atomic E-state index is 12.9. The van der Waals surface area contributed by atoms with Crippen molar-refractivity contribution in [3.63, 3.8) is 0 Å². The molecule has 1 rings (SSSR count). The van der Waals surface area contributed by atoms with Crippen molar-refractivity contribution in [1.29, 1.82) is 0 Å². The molecule has 0 aliphatic rings. The molecule has 10 nitrogen and oxygen atoms in total. The summed E-state index contributed by atoms with van der Waals surface area (Å²) in [7, 11) is 0. The van der Waals surface area contributed by atoms with Crippen molar-refractivity contribution in [3.05, 3.63) is 35.4 Å². The van der Waals surface area contributed by atoms with Crippen LogP contribution < -0.4 is 16.0 Å². The Morgan fingerprint density at radius 2 is 1.32 bits per heavy atom. The van der Waals surface area contributed by atoms with E-state index in [0.717, 1.165) is 5.56 Å². The first-order chi connectivity index (χ1) is 14.6. The maximum atomic E-state index is 12.9. The number of nitrogens with zero attached hydrogens (tertiary/aromatic N) is 1. The summed E-state index contributed by atoms with van der Waals surface area (Å²) in [6, 6.07) is 6.78. The first kappa shape index (κ1) is 26.1. The molecule has 0 spiro atoms. The molecular formula is C21H32N4O6. The summed E-state index contributed by atoms with van der Waals surface area (Å²) in [5, 5.41) is 25.3. The number of carbonyl (C=O) groups is 4. The van der Waals surface area contributed by atoms with Crippen LogP contribution in [0.3, 0.4) is 0 Å². The molecule has 0 saturated carbocycles. The summed E-state index contributed by atoms with van der Waals surface area (Å²) in [6.45, 7) is 5.13. The van der Waals surface area contributed by atoms with Crippen molar-refractivity contribution < 1.29 is 29.4 Å². The Bertz CT molecular complexity index is 736. The van der Waals surface area contributed by atoms with Gasteiger partial charge in [0, 0.05) is 43.7 Å². The van der Waals surface area contributed by atoms with Gasteiger partial charge in [0.05, 0.1) is 0 Å². The summed E-state index contributed by atoms with van der Waals surface area (Å²) < 4.78 is 0. The molecule has 0 fully saturated rings. The summed E-state index contributed by atoms with van der Waals surface area (Å²) in [5.74, 6) is -1.49. The molecular weight excluding hydrogens is 404 g/mol. The van der Waals surface area contributed by atoms with E-state index < -0.39 is 30.4 Å². The number of amides is 4. The highest BCUT2D eigenvalue weighted by atomic mass is 16.3.